The van der Waals surface area contributed by atoms with Crippen LogP contribution in [0.2, 0.25) is 0 Å². The molecule has 124 valence electrons. The normalized spacial score (nSPS) is 12.3. The van der Waals surface area contributed by atoms with Crippen LogP contribution in [0, 0.1) is 0 Å². The zero-order valence-electron chi connectivity index (χ0n) is 15.2. The van der Waals surface area contributed by atoms with Crippen molar-refractivity contribution in [3.05, 3.63) is 59.7 Å². The number of benzene rings is 2. The lowest BCUT2D eigenvalue weighted by Gasteiger charge is -2.37. The molecule has 0 N–H and O–H groups in total. The van der Waals surface area contributed by atoms with Crippen LogP contribution in [0.1, 0.15) is 31.0 Å². The predicted molar refractivity (Wildman–Crippen MR) is 101 cm³/mol. The molecule has 23 heavy (non-hydrogen) atoms. The number of rotatable bonds is 6. The molecule has 0 bridgehead atoms. The Hall–Kier alpha value is -2.00. The Morgan fingerprint density at radius 1 is 0.826 bits per heavy atom. The van der Waals surface area contributed by atoms with E-state index in [-0.39, 0.29) is 6.04 Å². The van der Waals surface area contributed by atoms with Gasteiger partial charge in [0.2, 0.25) is 0 Å². The van der Waals surface area contributed by atoms with Crippen LogP contribution in [0.3, 0.4) is 0 Å². The molecular formula is C20H29N3. The zero-order chi connectivity index (χ0) is 17.0. The van der Waals surface area contributed by atoms with Crippen molar-refractivity contribution >= 4 is 11.4 Å². The van der Waals surface area contributed by atoms with E-state index in [2.05, 4.69) is 105 Å². The van der Waals surface area contributed by atoms with Gasteiger partial charge in [0, 0.05) is 33.9 Å². The fourth-order valence-corrected chi connectivity index (χ4v) is 3.00. The van der Waals surface area contributed by atoms with Gasteiger partial charge in [0.1, 0.15) is 0 Å². The summed E-state index contributed by atoms with van der Waals surface area (Å²) in [6.07, 6.45) is 1.04. The summed E-state index contributed by atoms with van der Waals surface area (Å²) >= 11 is 0. The van der Waals surface area contributed by atoms with E-state index in [0.717, 1.165) is 6.42 Å². The number of para-hydroxylation sites is 2. The van der Waals surface area contributed by atoms with Crippen molar-refractivity contribution in [2.75, 3.05) is 38.1 Å². The van der Waals surface area contributed by atoms with Crippen molar-refractivity contribution in [1.29, 1.82) is 0 Å². The maximum atomic E-state index is 2.30. The van der Waals surface area contributed by atoms with E-state index in [0.29, 0.717) is 0 Å². The van der Waals surface area contributed by atoms with E-state index < -0.39 is 0 Å². The van der Waals surface area contributed by atoms with Crippen molar-refractivity contribution in [3.63, 3.8) is 0 Å². The average molecular weight is 311 g/mol. The summed E-state index contributed by atoms with van der Waals surface area (Å²) in [5.41, 5.74) is 5.24. The largest absolute Gasteiger partial charge is 0.377 e. The molecule has 0 saturated heterocycles. The van der Waals surface area contributed by atoms with Gasteiger partial charge in [-0.2, -0.15) is 0 Å². The third kappa shape index (κ3) is 3.67. The van der Waals surface area contributed by atoms with Crippen LogP contribution in [-0.2, 0) is 6.42 Å². The highest BCUT2D eigenvalue weighted by Gasteiger charge is 2.20. The lowest BCUT2D eigenvalue weighted by molar-refractivity contribution is 0.252. The van der Waals surface area contributed by atoms with Crippen LogP contribution in [0.4, 0.5) is 11.4 Å². The maximum Gasteiger partial charge on any atom is 0.0550 e. The third-order valence-electron chi connectivity index (χ3n) is 4.62. The topological polar surface area (TPSA) is 9.72 Å². The van der Waals surface area contributed by atoms with E-state index in [1.807, 2.05) is 0 Å². The minimum Gasteiger partial charge on any atom is -0.377 e. The molecule has 2 aromatic carbocycles. The number of nitrogens with zero attached hydrogens (tertiary/aromatic N) is 3. The molecule has 2 aromatic rings. The fourth-order valence-electron chi connectivity index (χ4n) is 3.00. The molecule has 0 aliphatic carbocycles. The van der Waals surface area contributed by atoms with Gasteiger partial charge >= 0.3 is 0 Å². The molecule has 0 aliphatic rings. The highest BCUT2D eigenvalue weighted by Crippen LogP contribution is 2.31. The molecule has 3 heteroatoms. The molecule has 0 saturated carbocycles. The van der Waals surface area contributed by atoms with Crippen molar-refractivity contribution in [2.24, 2.45) is 0 Å². The van der Waals surface area contributed by atoms with Crippen molar-refractivity contribution < 1.29 is 0 Å². The maximum absolute atomic E-state index is 2.30. The SMILES string of the molecule is CCc1ccccc1N(C)N(C)C(C)c1ccccc1N(C)C. The first-order chi connectivity index (χ1) is 11.0. The van der Waals surface area contributed by atoms with Crippen LogP contribution >= 0.6 is 0 Å². The summed E-state index contributed by atoms with van der Waals surface area (Å²) < 4.78 is 0. The second-order valence-corrected chi connectivity index (χ2v) is 6.21. The summed E-state index contributed by atoms with van der Waals surface area (Å²) in [5.74, 6) is 0. The first-order valence-electron chi connectivity index (χ1n) is 8.28. The first kappa shape index (κ1) is 17.4. The van der Waals surface area contributed by atoms with Crippen LogP contribution in [0.5, 0.6) is 0 Å². The quantitative estimate of drug-likeness (QED) is 0.734. The minimum atomic E-state index is 0.281. The van der Waals surface area contributed by atoms with Gasteiger partial charge in [-0.3, -0.25) is 0 Å². The number of aryl methyl sites for hydroxylation is 1. The molecule has 0 fully saturated rings. The number of hydrazine groups is 1. The Bertz CT molecular complexity index is 636. The fraction of sp³-hybridized carbons (Fsp3) is 0.400. The Labute approximate surface area is 141 Å². The lowest BCUT2D eigenvalue weighted by atomic mass is 10.0. The Morgan fingerprint density at radius 2 is 1.39 bits per heavy atom. The zero-order valence-corrected chi connectivity index (χ0v) is 15.2. The Balaban J connectivity index is 2.31. The van der Waals surface area contributed by atoms with E-state index in [4.69, 9.17) is 0 Å². The van der Waals surface area contributed by atoms with Crippen molar-refractivity contribution in [1.82, 2.24) is 5.01 Å². The van der Waals surface area contributed by atoms with Gasteiger partial charge in [-0.15, -0.1) is 0 Å². The molecule has 1 unspecified atom stereocenters. The molecule has 0 aliphatic heterocycles. The Kier molecular flexibility index (Phi) is 5.67. The van der Waals surface area contributed by atoms with Crippen LogP contribution in [0.15, 0.2) is 48.5 Å². The highest BCUT2D eigenvalue weighted by molar-refractivity contribution is 5.55. The highest BCUT2D eigenvalue weighted by atomic mass is 15.6. The van der Waals surface area contributed by atoms with Crippen LogP contribution in [-0.4, -0.2) is 33.2 Å². The molecule has 0 heterocycles. The molecule has 0 spiro atoms. The van der Waals surface area contributed by atoms with Gasteiger partial charge in [0.15, 0.2) is 0 Å². The third-order valence-corrected chi connectivity index (χ3v) is 4.62. The molecular weight excluding hydrogens is 282 g/mol. The van der Waals surface area contributed by atoms with Crippen LogP contribution < -0.4 is 9.91 Å². The smallest absolute Gasteiger partial charge is 0.0550 e. The molecule has 3 nitrogen and oxygen atoms in total. The van der Waals surface area contributed by atoms with Gasteiger partial charge < -0.3 is 9.91 Å². The first-order valence-corrected chi connectivity index (χ1v) is 8.28. The lowest BCUT2D eigenvalue weighted by Crippen LogP contribution is -2.39. The van der Waals surface area contributed by atoms with Gasteiger partial charge in [0.25, 0.3) is 0 Å². The summed E-state index contributed by atoms with van der Waals surface area (Å²) in [6, 6.07) is 17.5. The predicted octanol–water partition coefficient (Wildman–Crippen LogP) is 4.36. The van der Waals surface area contributed by atoms with Gasteiger partial charge in [-0.25, -0.2) is 5.01 Å². The molecule has 1 atom stereocenters. The van der Waals surface area contributed by atoms with Crippen LogP contribution in [0.25, 0.3) is 0 Å². The van der Waals surface area contributed by atoms with Crippen molar-refractivity contribution in [2.45, 2.75) is 26.3 Å². The van der Waals surface area contributed by atoms with Crippen molar-refractivity contribution in [3.8, 4) is 0 Å². The monoisotopic (exact) mass is 311 g/mol. The molecule has 0 aromatic heterocycles. The molecule has 2 rings (SSSR count). The summed E-state index contributed by atoms with van der Waals surface area (Å²) in [4.78, 5) is 2.18. The molecule has 0 radical (unpaired) electrons. The number of hydrogen-bond donors (Lipinski definition) is 0. The van der Waals surface area contributed by atoms with E-state index in [9.17, 15) is 0 Å². The van der Waals surface area contributed by atoms with Gasteiger partial charge in [0.05, 0.1) is 11.7 Å². The number of hydrogen-bond acceptors (Lipinski definition) is 3. The molecule has 0 amide bonds. The second kappa shape index (κ2) is 7.51. The van der Waals surface area contributed by atoms with Gasteiger partial charge in [-0.05, 0) is 36.6 Å². The second-order valence-electron chi connectivity index (χ2n) is 6.21. The minimum absolute atomic E-state index is 0.281. The van der Waals surface area contributed by atoms with Gasteiger partial charge in [-0.1, -0.05) is 43.3 Å². The standard InChI is InChI=1S/C20H29N3/c1-7-17-12-8-10-14-19(17)23(6)22(5)16(2)18-13-9-11-15-20(18)21(3)4/h8-16H,7H2,1-6H3. The Morgan fingerprint density at radius 3 is 2.00 bits per heavy atom. The average Bonchev–Trinajstić information content (AvgIpc) is 2.59. The van der Waals surface area contributed by atoms with E-state index in [1.165, 1.54) is 22.5 Å². The summed E-state index contributed by atoms with van der Waals surface area (Å²) in [5, 5.41) is 4.56. The van der Waals surface area contributed by atoms with E-state index >= 15 is 0 Å². The number of anilines is 2. The summed E-state index contributed by atoms with van der Waals surface area (Å²) in [7, 11) is 8.50. The van der Waals surface area contributed by atoms with E-state index in [1.54, 1.807) is 0 Å². The summed E-state index contributed by atoms with van der Waals surface area (Å²) in [6.45, 7) is 4.46.